The first-order chi connectivity index (χ1) is 17.1. The Balaban J connectivity index is 1.32. The van der Waals surface area contributed by atoms with Gasteiger partial charge in [-0.1, -0.05) is 30.0 Å². The standard InChI is InChI=1S/C23H21FN8O2S/c1-2-11-32-20(18-12-33-16-5-3-4-6-17(16)34-18)30-31-23(32)35-13-19-27-21(25)29-22(28-19)26-15-9-7-14(24)8-10-15/h2-10,18H,1,11-13H2,(H3,25,26,27,28,29)/t18-/m1/s1. The molecule has 5 rings (SSSR count). The molecule has 0 aliphatic carbocycles. The number of benzene rings is 2. The molecule has 0 amide bonds. The minimum atomic E-state index is -0.411. The monoisotopic (exact) mass is 492 g/mol. The summed E-state index contributed by atoms with van der Waals surface area (Å²) in [5.74, 6) is 2.81. The molecule has 0 spiro atoms. The van der Waals surface area contributed by atoms with Gasteiger partial charge >= 0.3 is 0 Å². The van der Waals surface area contributed by atoms with Gasteiger partial charge in [0, 0.05) is 12.2 Å². The van der Waals surface area contributed by atoms with Crippen LogP contribution in [0.25, 0.3) is 0 Å². The van der Waals surface area contributed by atoms with E-state index in [1.165, 1.54) is 23.9 Å². The average Bonchev–Trinajstić information content (AvgIpc) is 3.26. The van der Waals surface area contributed by atoms with E-state index in [2.05, 4.69) is 37.0 Å². The van der Waals surface area contributed by atoms with Crippen molar-refractivity contribution in [2.24, 2.45) is 0 Å². The average molecular weight is 493 g/mol. The largest absolute Gasteiger partial charge is 0.485 e. The van der Waals surface area contributed by atoms with Crippen LogP contribution in [0.3, 0.4) is 0 Å². The summed E-state index contributed by atoms with van der Waals surface area (Å²) in [5, 5.41) is 12.4. The minimum absolute atomic E-state index is 0.0693. The summed E-state index contributed by atoms with van der Waals surface area (Å²) in [4.78, 5) is 12.7. The van der Waals surface area contributed by atoms with Crippen LogP contribution in [0.15, 0.2) is 66.3 Å². The van der Waals surface area contributed by atoms with E-state index in [0.717, 1.165) is 0 Å². The second-order valence-corrected chi connectivity index (χ2v) is 8.40. The number of anilines is 3. The summed E-state index contributed by atoms with van der Waals surface area (Å²) >= 11 is 1.40. The summed E-state index contributed by atoms with van der Waals surface area (Å²) in [5.41, 5.74) is 6.50. The summed E-state index contributed by atoms with van der Waals surface area (Å²) in [6, 6.07) is 13.3. The van der Waals surface area contributed by atoms with Gasteiger partial charge in [0.2, 0.25) is 11.9 Å². The van der Waals surface area contributed by atoms with Gasteiger partial charge in [0.05, 0.1) is 5.75 Å². The fourth-order valence-corrected chi connectivity index (χ4v) is 4.25. The van der Waals surface area contributed by atoms with Gasteiger partial charge in [0.25, 0.3) is 0 Å². The van der Waals surface area contributed by atoms with Gasteiger partial charge in [-0.25, -0.2) is 4.39 Å². The second-order valence-electron chi connectivity index (χ2n) is 7.46. The van der Waals surface area contributed by atoms with Crippen LogP contribution < -0.4 is 20.5 Å². The van der Waals surface area contributed by atoms with Crippen molar-refractivity contribution in [3.05, 3.63) is 78.7 Å². The van der Waals surface area contributed by atoms with Crippen LogP contribution >= 0.6 is 11.8 Å². The quantitative estimate of drug-likeness (QED) is 0.276. The molecule has 12 heteroatoms. The number of nitrogen functional groups attached to an aromatic ring is 1. The first kappa shape index (κ1) is 22.6. The van der Waals surface area contributed by atoms with Gasteiger partial charge in [0.1, 0.15) is 18.2 Å². The number of para-hydroxylation sites is 2. The van der Waals surface area contributed by atoms with Gasteiger partial charge < -0.3 is 20.5 Å². The summed E-state index contributed by atoms with van der Waals surface area (Å²) in [6.07, 6.45) is 1.35. The van der Waals surface area contributed by atoms with Crippen molar-refractivity contribution in [1.82, 2.24) is 29.7 Å². The van der Waals surface area contributed by atoms with Crippen LogP contribution in [0.1, 0.15) is 17.8 Å². The fourth-order valence-electron chi connectivity index (χ4n) is 3.44. The molecule has 0 bridgehead atoms. The van der Waals surface area contributed by atoms with E-state index in [9.17, 15) is 4.39 Å². The zero-order chi connectivity index (χ0) is 24.2. The molecule has 0 saturated carbocycles. The van der Waals surface area contributed by atoms with Crippen molar-refractivity contribution in [3.8, 4) is 11.5 Å². The van der Waals surface area contributed by atoms with E-state index in [4.69, 9.17) is 15.2 Å². The van der Waals surface area contributed by atoms with E-state index < -0.39 is 6.10 Å². The molecular weight excluding hydrogens is 471 g/mol. The Morgan fingerprint density at radius 2 is 1.91 bits per heavy atom. The normalized spacial score (nSPS) is 14.5. The number of nitrogens with one attached hydrogen (secondary N) is 1. The molecule has 3 heterocycles. The van der Waals surface area contributed by atoms with E-state index in [0.29, 0.717) is 52.9 Å². The number of nitrogens with two attached hydrogens (primary N) is 1. The maximum absolute atomic E-state index is 13.2. The second kappa shape index (κ2) is 9.97. The smallest absolute Gasteiger partial charge is 0.232 e. The number of rotatable bonds is 8. The molecule has 10 nitrogen and oxygen atoms in total. The first-order valence-electron chi connectivity index (χ1n) is 10.7. The number of fused-ring (bicyclic) bond motifs is 1. The van der Waals surface area contributed by atoms with E-state index >= 15 is 0 Å². The molecule has 35 heavy (non-hydrogen) atoms. The zero-order valence-electron chi connectivity index (χ0n) is 18.5. The first-order valence-corrected chi connectivity index (χ1v) is 11.7. The van der Waals surface area contributed by atoms with E-state index in [-0.39, 0.29) is 17.7 Å². The molecule has 4 aromatic rings. The summed E-state index contributed by atoms with van der Waals surface area (Å²) in [6.45, 7) is 4.65. The van der Waals surface area contributed by atoms with Gasteiger partial charge in [-0.15, -0.1) is 16.8 Å². The zero-order valence-corrected chi connectivity index (χ0v) is 19.3. The highest BCUT2D eigenvalue weighted by Crippen LogP contribution is 2.36. The van der Waals surface area contributed by atoms with Crippen LogP contribution in [0, 0.1) is 5.82 Å². The molecule has 2 aromatic carbocycles. The number of aromatic nitrogens is 6. The molecule has 0 saturated heterocycles. The molecule has 0 radical (unpaired) electrons. The predicted octanol–water partition coefficient (Wildman–Crippen LogP) is 3.92. The van der Waals surface area contributed by atoms with Crippen LogP contribution in [-0.4, -0.2) is 36.3 Å². The lowest BCUT2D eigenvalue weighted by molar-refractivity contribution is 0.0821. The molecule has 1 aliphatic rings. The van der Waals surface area contributed by atoms with Gasteiger partial charge in [-0.05, 0) is 36.4 Å². The molecule has 1 atom stereocenters. The maximum Gasteiger partial charge on any atom is 0.232 e. The summed E-state index contributed by atoms with van der Waals surface area (Å²) < 4.78 is 27.0. The van der Waals surface area contributed by atoms with Crippen LogP contribution in [0.2, 0.25) is 0 Å². The lowest BCUT2D eigenvalue weighted by Crippen LogP contribution is -2.25. The number of allylic oxidation sites excluding steroid dienone is 1. The third kappa shape index (κ3) is 5.17. The number of thioether (sulfide) groups is 1. The predicted molar refractivity (Wildman–Crippen MR) is 129 cm³/mol. The molecule has 3 N–H and O–H groups in total. The lowest BCUT2D eigenvalue weighted by Gasteiger charge is -2.26. The molecule has 0 unspecified atom stereocenters. The Kier molecular flexibility index (Phi) is 6.44. The third-order valence-electron chi connectivity index (χ3n) is 4.98. The number of hydrogen-bond acceptors (Lipinski definition) is 10. The van der Waals surface area contributed by atoms with Crippen molar-refractivity contribution in [2.75, 3.05) is 17.7 Å². The minimum Gasteiger partial charge on any atom is -0.485 e. The van der Waals surface area contributed by atoms with Crippen molar-refractivity contribution in [1.29, 1.82) is 0 Å². The Morgan fingerprint density at radius 1 is 1.11 bits per heavy atom. The SMILES string of the molecule is C=CCn1c(SCc2nc(N)nc(Nc3ccc(F)cc3)n2)nnc1[C@H]1COc2ccccc2O1. The Hall–Kier alpha value is -4.19. The summed E-state index contributed by atoms with van der Waals surface area (Å²) in [7, 11) is 0. The number of nitrogens with zero attached hydrogens (tertiary/aromatic N) is 6. The molecular formula is C23H21FN8O2S. The van der Waals surface area contributed by atoms with E-state index in [1.54, 1.807) is 18.2 Å². The van der Waals surface area contributed by atoms with Gasteiger partial charge in [-0.2, -0.15) is 15.0 Å². The highest BCUT2D eigenvalue weighted by Gasteiger charge is 2.28. The van der Waals surface area contributed by atoms with Crippen LogP contribution in [0.5, 0.6) is 11.5 Å². The number of halogens is 1. The Bertz CT molecular complexity index is 1350. The Labute approximate surface area is 204 Å². The molecule has 2 aromatic heterocycles. The number of ether oxygens (including phenoxy) is 2. The van der Waals surface area contributed by atoms with Crippen LogP contribution in [-0.2, 0) is 12.3 Å². The van der Waals surface area contributed by atoms with Gasteiger partial charge in [0.15, 0.2) is 28.6 Å². The van der Waals surface area contributed by atoms with Crippen molar-refractivity contribution in [3.63, 3.8) is 0 Å². The highest BCUT2D eigenvalue weighted by molar-refractivity contribution is 7.98. The molecule has 178 valence electrons. The van der Waals surface area contributed by atoms with Crippen molar-refractivity contribution in [2.45, 2.75) is 23.6 Å². The van der Waals surface area contributed by atoms with E-state index in [1.807, 2.05) is 28.8 Å². The topological polar surface area (TPSA) is 126 Å². The fraction of sp³-hybridized carbons (Fsp3) is 0.174. The molecule has 0 fully saturated rings. The number of hydrogen-bond donors (Lipinski definition) is 2. The third-order valence-corrected chi connectivity index (χ3v) is 5.95. The highest BCUT2D eigenvalue weighted by atomic mass is 32.2. The molecule has 1 aliphatic heterocycles. The van der Waals surface area contributed by atoms with Crippen molar-refractivity contribution >= 4 is 29.3 Å². The van der Waals surface area contributed by atoms with Gasteiger partial charge in [-0.3, -0.25) is 4.57 Å². The maximum atomic E-state index is 13.2. The lowest BCUT2D eigenvalue weighted by atomic mass is 10.2. The van der Waals surface area contributed by atoms with Crippen molar-refractivity contribution < 1.29 is 13.9 Å². The van der Waals surface area contributed by atoms with Crippen LogP contribution in [0.4, 0.5) is 22.0 Å². The Morgan fingerprint density at radius 3 is 2.71 bits per heavy atom.